The normalized spacial score (nSPS) is 12.5. The van der Waals surface area contributed by atoms with Crippen molar-refractivity contribution in [1.29, 1.82) is 0 Å². The Balaban J connectivity index is 2.46. The van der Waals surface area contributed by atoms with Crippen LogP contribution in [0.25, 0.3) is 0 Å². The molecule has 1 atom stereocenters. The summed E-state index contributed by atoms with van der Waals surface area (Å²) in [6.07, 6.45) is 0. The lowest BCUT2D eigenvalue weighted by atomic mass is 9.99. The zero-order valence-electron chi connectivity index (χ0n) is 9.63. The van der Waals surface area contributed by atoms with E-state index in [1.54, 1.807) is 12.1 Å². The Morgan fingerprint density at radius 1 is 1.05 bits per heavy atom. The molecule has 2 aromatic carbocycles. The minimum atomic E-state index is -0.646. The van der Waals surface area contributed by atoms with Gasteiger partial charge in [0, 0.05) is 9.64 Å². The van der Waals surface area contributed by atoms with E-state index < -0.39 is 17.7 Å². The summed E-state index contributed by atoms with van der Waals surface area (Å²) in [7, 11) is 0. The van der Waals surface area contributed by atoms with E-state index in [2.05, 4.69) is 28.0 Å². The van der Waals surface area contributed by atoms with Crippen LogP contribution in [0.3, 0.4) is 0 Å². The van der Waals surface area contributed by atoms with Crippen molar-refractivity contribution < 1.29 is 8.78 Å². The van der Waals surface area contributed by atoms with Gasteiger partial charge in [0.2, 0.25) is 0 Å². The molecule has 0 saturated carbocycles. The van der Waals surface area contributed by atoms with Gasteiger partial charge in [-0.15, -0.1) is 0 Å². The van der Waals surface area contributed by atoms with E-state index >= 15 is 0 Å². The molecular formula is C13H10ClF2IN2. The van der Waals surface area contributed by atoms with Gasteiger partial charge in [-0.05, 0) is 58.0 Å². The lowest BCUT2D eigenvalue weighted by molar-refractivity contribution is 0.566. The summed E-state index contributed by atoms with van der Waals surface area (Å²) in [6.45, 7) is 0. The standard InChI is InChI=1S/C13H10ClF2IN2/c14-11-5-7(1-2-12(11)17)13(19-18)8-3-9(15)6-10(16)4-8/h1-6,13,19H,18H2. The van der Waals surface area contributed by atoms with Gasteiger partial charge in [0.25, 0.3) is 0 Å². The van der Waals surface area contributed by atoms with E-state index in [-0.39, 0.29) is 0 Å². The molecule has 0 bridgehead atoms. The van der Waals surface area contributed by atoms with E-state index in [1.807, 2.05) is 6.07 Å². The summed E-state index contributed by atoms with van der Waals surface area (Å²) in [5.74, 6) is 4.19. The molecule has 0 aliphatic rings. The second-order valence-electron chi connectivity index (χ2n) is 3.98. The number of hydrogen-bond acceptors (Lipinski definition) is 2. The van der Waals surface area contributed by atoms with Crippen LogP contribution in [0.5, 0.6) is 0 Å². The first-order valence-corrected chi connectivity index (χ1v) is 6.84. The van der Waals surface area contributed by atoms with Crippen molar-refractivity contribution in [2.24, 2.45) is 5.84 Å². The van der Waals surface area contributed by atoms with Crippen LogP contribution in [-0.4, -0.2) is 0 Å². The van der Waals surface area contributed by atoms with Crippen LogP contribution < -0.4 is 11.3 Å². The molecule has 2 aromatic rings. The molecule has 2 rings (SSSR count). The Hall–Kier alpha value is -0.760. The van der Waals surface area contributed by atoms with Crippen LogP contribution in [0, 0.1) is 15.2 Å². The Morgan fingerprint density at radius 2 is 1.68 bits per heavy atom. The van der Waals surface area contributed by atoms with Gasteiger partial charge in [0.1, 0.15) is 11.6 Å². The quantitative estimate of drug-likeness (QED) is 0.472. The molecule has 0 aromatic heterocycles. The molecule has 1 unspecified atom stereocenters. The average Bonchev–Trinajstić information content (AvgIpc) is 2.33. The number of benzene rings is 2. The second kappa shape index (κ2) is 6.13. The number of hydrogen-bond donors (Lipinski definition) is 2. The first-order chi connectivity index (χ1) is 9.01. The smallest absolute Gasteiger partial charge is 0.126 e. The first kappa shape index (κ1) is 14.6. The Morgan fingerprint density at radius 3 is 2.21 bits per heavy atom. The number of rotatable bonds is 3. The molecule has 0 saturated heterocycles. The van der Waals surface area contributed by atoms with Crippen molar-refractivity contribution in [2.75, 3.05) is 0 Å². The van der Waals surface area contributed by atoms with Gasteiger partial charge in [0.05, 0.1) is 11.1 Å². The minimum absolute atomic E-state index is 0.400. The van der Waals surface area contributed by atoms with E-state index in [0.717, 1.165) is 15.2 Å². The third kappa shape index (κ3) is 3.42. The molecule has 0 spiro atoms. The largest absolute Gasteiger partial charge is 0.271 e. The molecule has 0 radical (unpaired) electrons. The van der Waals surface area contributed by atoms with Gasteiger partial charge in [0.15, 0.2) is 0 Å². The molecule has 6 heteroatoms. The minimum Gasteiger partial charge on any atom is -0.271 e. The highest BCUT2D eigenvalue weighted by molar-refractivity contribution is 14.1. The molecule has 0 aliphatic heterocycles. The highest BCUT2D eigenvalue weighted by atomic mass is 127. The summed E-state index contributed by atoms with van der Waals surface area (Å²) in [5.41, 5.74) is 3.68. The van der Waals surface area contributed by atoms with Crippen molar-refractivity contribution in [3.05, 3.63) is 67.8 Å². The Bertz CT molecular complexity index is 587. The van der Waals surface area contributed by atoms with Crippen LogP contribution in [0.15, 0.2) is 36.4 Å². The fourth-order valence-electron chi connectivity index (χ4n) is 1.82. The fraction of sp³-hybridized carbons (Fsp3) is 0.0769. The number of nitrogens with two attached hydrogens (primary N) is 1. The summed E-state index contributed by atoms with van der Waals surface area (Å²) < 4.78 is 27.4. The van der Waals surface area contributed by atoms with Gasteiger partial charge in [-0.3, -0.25) is 5.84 Å². The van der Waals surface area contributed by atoms with E-state index in [1.165, 1.54) is 12.1 Å². The topological polar surface area (TPSA) is 38.0 Å². The maximum absolute atomic E-state index is 13.2. The summed E-state index contributed by atoms with van der Waals surface area (Å²) in [6, 6.07) is 8.10. The molecule has 3 N–H and O–H groups in total. The number of halogens is 4. The molecule has 0 fully saturated rings. The van der Waals surface area contributed by atoms with Crippen LogP contribution in [-0.2, 0) is 0 Å². The van der Waals surface area contributed by atoms with Crippen molar-refractivity contribution in [3.8, 4) is 0 Å². The highest BCUT2D eigenvalue weighted by Crippen LogP contribution is 2.27. The van der Waals surface area contributed by atoms with Crippen LogP contribution >= 0.6 is 34.2 Å². The predicted octanol–water partition coefficient (Wildman–Crippen LogP) is 3.78. The maximum Gasteiger partial charge on any atom is 0.126 e. The third-order valence-corrected chi connectivity index (χ3v) is 4.23. The summed E-state index contributed by atoms with van der Waals surface area (Å²) in [5, 5.41) is 0.565. The van der Waals surface area contributed by atoms with Gasteiger partial charge < -0.3 is 0 Å². The SMILES string of the molecule is NNC(c1cc(F)cc(F)c1)c1ccc(I)c(Cl)c1. The zero-order chi connectivity index (χ0) is 14.0. The van der Waals surface area contributed by atoms with Crippen molar-refractivity contribution in [1.82, 2.24) is 5.43 Å². The van der Waals surface area contributed by atoms with Gasteiger partial charge >= 0.3 is 0 Å². The highest BCUT2D eigenvalue weighted by Gasteiger charge is 2.15. The van der Waals surface area contributed by atoms with Crippen LogP contribution in [0.1, 0.15) is 17.2 Å². The molecule has 0 aliphatic carbocycles. The lowest BCUT2D eigenvalue weighted by Crippen LogP contribution is -2.29. The molecule has 0 heterocycles. The van der Waals surface area contributed by atoms with E-state index in [9.17, 15) is 8.78 Å². The van der Waals surface area contributed by atoms with E-state index in [0.29, 0.717) is 10.6 Å². The molecule has 19 heavy (non-hydrogen) atoms. The first-order valence-electron chi connectivity index (χ1n) is 5.38. The molecule has 2 nitrogen and oxygen atoms in total. The predicted molar refractivity (Wildman–Crippen MR) is 79.7 cm³/mol. The van der Waals surface area contributed by atoms with Gasteiger partial charge in [-0.25, -0.2) is 14.2 Å². The Kier molecular flexibility index (Phi) is 4.72. The number of hydrazine groups is 1. The van der Waals surface area contributed by atoms with E-state index in [4.69, 9.17) is 17.4 Å². The number of nitrogens with one attached hydrogen (secondary N) is 1. The molecular weight excluding hydrogens is 385 g/mol. The Labute approximate surface area is 128 Å². The monoisotopic (exact) mass is 394 g/mol. The van der Waals surface area contributed by atoms with Crippen LogP contribution in [0.4, 0.5) is 8.78 Å². The van der Waals surface area contributed by atoms with Crippen molar-refractivity contribution in [3.63, 3.8) is 0 Å². The van der Waals surface area contributed by atoms with Gasteiger partial charge in [-0.2, -0.15) is 0 Å². The van der Waals surface area contributed by atoms with Gasteiger partial charge in [-0.1, -0.05) is 17.7 Å². The van der Waals surface area contributed by atoms with Crippen LogP contribution in [0.2, 0.25) is 5.02 Å². The van der Waals surface area contributed by atoms with Crippen molar-refractivity contribution >= 4 is 34.2 Å². The lowest BCUT2D eigenvalue weighted by Gasteiger charge is -2.17. The summed E-state index contributed by atoms with van der Waals surface area (Å²) >= 11 is 8.14. The zero-order valence-corrected chi connectivity index (χ0v) is 12.5. The molecule has 0 amide bonds. The summed E-state index contributed by atoms with van der Waals surface area (Å²) in [4.78, 5) is 0. The average molecular weight is 395 g/mol. The third-order valence-electron chi connectivity index (χ3n) is 2.66. The van der Waals surface area contributed by atoms with Crippen molar-refractivity contribution in [2.45, 2.75) is 6.04 Å². The fourth-order valence-corrected chi connectivity index (χ4v) is 2.34. The maximum atomic E-state index is 13.2. The molecule has 100 valence electrons. The second-order valence-corrected chi connectivity index (χ2v) is 5.55.